The van der Waals surface area contributed by atoms with E-state index in [0.29, 0.717) is 5.56 Å². The van der Waals surface area contributed by atoms with Gasteiger partial charge in [-0.15, -0.1) is 0 Å². The molecule has 1 amide bonds. The molecular formula is C15H17NO3. The average Bonchev–Trinajstić information content (AvgIpc) is 2.39. The third kappa shape index (κ3) is 3.44. The van der Waals surface area contributed by atoms with Crippen LogP contribution in [0.4, 0.5) is 0 Å². The fourth-order valence-electron chi connectivity index (χ4n) is 2.23. The molecule has 0 saturated heterocycles. The number of hydrogen-bond acceptors (Lipinski definition) is 2. The van der Waals surface area contributed by atoms with E-state index < -0.39 is 5.97 Å². The molecule has 1 aliphatic carbocycles. The predicted molar refractivity (Wildman–Crippen MR) is 72.4 cm³/mol. The van der Waals surface area contributed by atoms with Crippen LogP contribution in [-0.4, -0.2) is 23.0 Å². The quantitative estimate of drug-likeness (QED) is 0.820. The molecule has 1 unspecified atom stereocenters. The first kappa shape index (κ1) is 13.3. The zero-order valence-corrected chi connectivity index (χ0v) is 10.8. The van der Waals surface area contributed by atoms with Crippen molar-refractivity contribution in [1.29, 1.82) is 0 Å². The Morgan fingerprint density at radius 2 is 1.95 bits per heavy atom. The zero-order chi connectivity index (χ0) is 13.8. The summed E-state index contributed by atoms with van der Waals surface area (Å²) in [6.45, 7) is 1.78. The Bertz CT molecular complexity index is 534. The highest BCUT2D eigenvalue weighted by Gasteiger charge is 2.16. The molecule has 1 atom stereocenters. The molecule has 4 nitrogen and oxygen atoms in total. The van der Waals surface area contributed by atoms with Crippen molar-refractivity contribution in [1.82, 2.24) is 5.32 Å². The van der Waals surface area contributed by atoms with Gasteiger partial charge in [-0.2, -0.15) is 0 Å². The van der Waals surface area contributed by atoms with Crippen LogP contribution in [0.1, 0.15) is 45.5 Å². The Morgan fingerprint density at radius 1 is 1.21 bits per heavy atom. The number of aromatic carboxylic acids is 1. The van der Waals surface area contributed by atoms with Crippen LogP contribution in [0.5, 0.6) is 0 Å². The second kappa shape index (κ2) is 5.69. The van der Waals surface area contributed by atoms with Crippen molar-refractivity contribution in [2.45, 2.75) is 32.2 Å². The number of carbonyl (C=O) groups excluding carboxylic acids is 1. The minimum Gasteiger partial charge on any atom is -0.478 e. The lowest BCUT2D eigenvalue weighted by Crippen LogP contribution is -2.35. The van der Waals surface area contributed by atoms with Gasteiger partial charge in [0.25, 0.3) is 5.91 Å². The molecule has 4 heteroatoms. The van der Waals surface area contributed by atoms with Crippen LogP contribution in [-0.2, 0) is 0 Å². The number of rotatable bonds is 3. The largest absolute Gasteiger partial charge is 0.478 e. The van der Waals surface area contributed by atoms with Crippen molar-refractivity contribution < 1.29 is 14.7 Å². The van der Waals surface area contributed by atoms with Gasteiger partial charge in [-0.05, 0) is 49.9 Å². The monoisotopic (exact) mass is 259 g/mol. The molecule has 0 heterocycles. The van der Waals surface area contributed by atoms with Crippen molar-refractivity contribution in [2.24, 2.45) is 0 Å². The first-order valence-electron chi connectivity index (χ1n) is 6.37. The summed E-state index contributed by atoms with van der Waals surface area (Å²) in [5, 5.41) is 11.9. The second-order valence-corrected chi connectivity index (χ2v) is 4.85. The molecule has 1 aromatic rings. The number of allylic oxidation sites excluding steroid dienone is 1. The van der Waals surface area contributed by atoms with Gasteiger partial charge < -0.3 is 10.4 Å². The maximum Gasteiger partial charge on any atom is 0.335 e. The molecule has 0 aromatic heterocycles. The summed E-state index contributed by atoms with van der Waals surface area (Å²) in [6, 6.07) is 4.83. The summed E-state index contributed by atoms with van der Waals surface area (Å²) in [5.41, 5.74) is 1.33. The maximum absolute atomic E-state index is 12.1. The van der Waals surface area contributed by atoms with Gasteiger partial charge in [0.05, 0.1) is 5.56 Å². The van der Waals surface area contributed by atoms with Gasteiger partial charge >= 0.3 is 5.97 Å². The van der Waals surface area contributed by atoms with Gasteiger partial charge in [-0.1, -0.05) is 12.2 Å². The van der Waals surface area contributed by atoms with Crippen molar-refractivity contribution >= 4 is 11.9 Å². The second-order valence-electron chi connectivity index (χ2n) is 4.85. The van der Waals surface area contributed by atoms with Crippen molar-refractivity contribution in [2.75, 3.05) is 0 Å². The van der Waals surface area contributed by atoms with E-state index in [1.54, 1.807) is 19.1 Å². The molecule has 2 rings (SSSR count). The molecule has 0 fully saturated rings. The van der Waals surface area contributed by atoms with Gasteiger partial charge in [0.15, 0.2) is 0 Å². The van der Waals surface area contributed by atoms with Gasteiger partial charge in [-0.3, -0.25) is 4.79 Å². The number of carboxylic acid groups (broad SMARTS) is 1. The average molecular weight is 259 g/mol. The lowest BCUT2D eigenvalue weighted by atomic mass is 10.0. The van der Waals surface area contributed by atoms with Crippen LogP contribution in [0.15, 0.2) is 30.4 Å². The van der Waals surface area contributed by atoms with E-state index in [-0.39, 0.29) is 17.5 Å². The summed E-state index contributed by atoms with van der Waals surface area (Å²) in [4.78, 5) is 23.1. The highest BCUT2D eigenvalue weighted by molar-refractivity contribution is 5.98. The number of carbonyl (C=O) groups is 2. The topological polar surface area (TPSA) is 66.4 Å². The van der Waals surface area contributed by atoms with Gasteiger partial charge in [0, 0.05) is 11.6 Å². The first-order valence-corrected chi connectivity index (χ1v) is 6.37. The van der Waals surface area contributed by atoms with E-state index in [1.807, 2.05) is 0 Å². The lowest BCUT2D eigenvalue weighted by Gasteiger charge is -2.19. The summed E-state index contributed by atoms with van der Waals surface area (Å²) < 4.78 is 0. The van der Waals surface area contributed by atoms with E-state index in [1.165, 1.54) is 6.07 Å². The van der Waals surface area contributed by atoms with Crippen molar-refractivity contribution in [3.8, 4) is 0 Å². The van der Waals surface area contributed by atoms with Gasteiger partial charge in [-0.25, -0.2) is 4.79 Å². The molecule has 0 bridgehead atoms. The highest BCUT2D eigenvalue weighted by Crippen LogP contribution is 2.14. The molecule has 2 N–H and O–H groups in total. The molecule has 0 saturated carbocycles. The van der Waals surface area contributed by atoms with Crippen LogP contribution in [0.2, 0.25) is 0 Å². The van der Waals surface area contributed by atoms with E-state index in [2.05, 4.69) is 17.5 Å². The fraction of sp³-hybridized carbons (Fsp3) is 0.333. The SMILES string of the molecule is Cc1cc(C(=O)O)cc(C(=O)NC2CC=CCC2)c1. The standard InChI is InChI=1S/C15H17NO3/c1-10-7-11(9-12(8-10)15(18)19)14(17)16-13-5-3-2-4-6-13/h2-3,7-9,13H,4-6H2,1H3,(H,16,17)(H,18,19). The normalized spacial score (nSPS) is 18.1. The lowest BCUT2D eigenvalue weighted by molar-refractivity contribution is 0.0696. The maximum atomic E-state index is 12.1. The summed E-state index contributed by atoms with van der Waals surface area (Å²) in [6.07, 6.45) is 6.91. The number of aryl methyl sites for hydroxylation is 1. The Balaban J connectivity index is 2.14. The minimum atomic E-state index is -1.02. The number of hydrogen-bond donors (Lipinski definition) is 2. The molecule has 100 valence electrons. The number of nitrogens with one attached hydrogen (secondary N) is 1. The van der Waals surface area contributed by atoms with Crippen molar-refractivity contribution in [3.63, 3.8) is 0 Å². The minimum absolute atomic E-state index is 0.145. The zero-order valence-electron chi connectivity index (χ0n) is 10.8. The van der Waals surface area contributed by atoms with E-state index in [0.717, 1.165) is 24.8 Å². The molecule has 19 heavy (non-hydrogen) atoms. The smallest absolute Gasteiger partial charge is 0.335 e. The third-order valence-electron chi connectivity index (χ3n) is 3.19. The molecule has 1 aromatic carbocycles. The van der Waals surface area contributed by atoms with Gasteiger partial charge in [0.1, 0.15) is 0 Å². The Morgan fingerprint density at radius 3 is 2.58 bits per heavy atom. The summed E-state index contributed by atoms with van der Waals surface area (Å²) in [5.74, 6) is -1.22. The molecule has 0 aliphatic heterocycles. The number of amides is 1. The Labute approximate surface area is 112 Å². The number of benzene rings is 1. The van der Waals surface area contributed by atoms with Gasteiger partial charge in [0.2, 0.25) is 0 Å². The van der Waals surface area contributed by atoms with Crippen LogP contribution < -0.4 is 5.32 Å². The van der Waals surface area contributed by atoms with E-state index in [4.69, 9.17) is 5.11 Å². The predicted octanol–water partition coefficient (Wildman–Crippen LogP) is 2.53. The van der Waals surface area contributed by atoms with Crippen LogP contribution in [0, 0.1) is 6.92 Å². The van der Waals surface area contributed by atoms with E-state index in [9.17, 15) is 9.59 Å². The summed E-state index contributed by atoms with van der Waals surface area (Å²) >= 11 is 0. The Hall–Kier alpha value is -2.10. The van der Waals surface area contributed by atoms with Crippen LogP contribution in [0.3, 0.4) is 0 Å². The third-order valence-corrected chi connectivity index (χ3v) is 3.19. The molecule has 1 aliphatic rings. The number of carboxylic acids is 1. The van der Waals surface area contributed by atoms with Crippen molar-refractivity contribution in [3.05, 3.63) is 47.0 Å². The fourth-order valence-corrected chi connectivity index (χ4v) is 2.23. The molecule has 0 radical (unpaired) electrons. The highest BCUT2D eigenvalue weighted by atomic mass is 16.4. The van der Waals surface area contributed by atoms with Crippen LogP contribution >= 0.6 is 0 Å². The van der Waals surface area contributed by atoms with E-state index >= 15 is 0 Å². The molecular weight excluding hydrogens is 242 g/mol. The molecule has 0 spiro atoms. The Kier molecular flexibility index (Phi) is 4.00. The first-order chi connectivity index (χ1) is 9.06. The van der Waals surface area contributed by atoms with Crippen LogP contribution in [0.25, 0.3) is 0 Å². The summed E-state index contributed by atoms with van der Waals surface area (Å²) in [7, 11) is 0.